The van der Waals surface area contributed by atoms with Gasteiger partial charge in [-0.15, -0.1) is 24.0 Å². The Morgan fingerprint density at radius 3 is 2.72 bits per heavy atom. The maximum absolute atomic E-state index is 13.8. The number of benzene rings is 1. The molecule has 2 N–H and O–H groups in total. The summed E-state index contributed by atoms with van der Waals surface area (Å²) >= 11 is 0. The number of rotatable bonds is 7. The lowest BCUT2D eigenvalue weighted by molar-refractivity contribution is 0.0169. The number of aliphatic imine (C=N–C) groups is 1. The van der Waals surface area contributed by atoms with Crippen molar-refractivity contribution in [2.45, 2.75) is 12.5 Å². The van der Waals surface area contributed by atoms with Crippen LogP contribution in [-0.4, -0.2) is 62.3 Å². The predicted molar refractivity (Wildman–Crippen MR) is 124 cm³/mol. The molecule has 2 aromatic rings. The van der Waals surface area contributed by atoms with Gasteiger partial charge in [-0.05, 0) is 29.8 Å². The molecule has 1 saturated heterocycles. The van der Waals surface area contributed by atoms with Gasteiger partial charge >= 0.3 is 0 Å². The van der Waals surface area contributed by atoms with E-state index in [0.717, 1.165) is 43.3 Å². The van der Waals surface area contributed by atoms with E-state index in [4.69, 9.17) is 4.74 Å². The molecular formula is C21H29FIN5O. The summed E-state index contributed by atoms with van der Waals surface area (Å²) in [7, 11) is 1.75. The summed E-state index contributed by atoms with van der Waals surface area (Å²) in [5, 5.41) is 6.71. The van der Waals surface area contributed by atoms with Crippen molar-refractivity contribution < 1.29 is 9.13 Å². The molecule has 0 bridgehead atoms. The molecule has 1 aliphatic heterocycles. The third-order valence-electron chi connectivity index (χ3n) is 4.81. The van der Waals surface area contributed by atoms with Crippen molar-refractivity contribution in [2.24, 2.45) is 4.99 Å². The van der Waals surface area contributed by atoms with Gasteiger partial charge in [0, 0.05) is 51.5 Å². The van der Waals surface area contributed by atoms with Gasteiger partial charge in [0.15, 0.2) is 5.96 Å². The maximum Gasteiger partial charge on any atom is 0.191 e. The number of morpholine rings is 1. The summed E-state index contributed by atoms with van der Waals surface area (Å²) in [6, 6.07) is 12.8. The van der Waals surface area contributed by atoms with Crippen LogP contribution in [0, 0.1) is 5.82 Å². The molecule has 0 radical (unpaired) electrons. The van der Waals surface area contributed by atoms with Crippen molar-refractivity contribution in [3.8, 4) is 0 Å². The molecule has 1 fully saturated rings. The molecule has 1 unspecified atom stereocenters. The topological polar surface area (TPSA) is 61.8 Å². The van der Waals surface area contributed by atoms with Gasteiger partial charge in [-0.3, -0.25) is 14.9 Å². The first-order valence-corrected chi connectivity index (χ1v) is 9.68. The molecule has 1 aromatic carbocycles. The predicted octanol–water partition coefficient (Wildman–Crippen LogP) is 2.62. The van der Waals surface area contributed by atoms with Crippen molar-refractivity contribution in [1.29, 1.82) is 0 Å². The van der Waals surface area contributed by atoms with Crippen LogP contribution < -0.4 is 10.6 Å². The molecule has 1 atom stereocenters. The van der Waals surface area contributed by atoms with Crippen LogP contribution in [-0.2, 0) is 11.2 Å². The van der Waals surface area contributed by atoms with Crippen LogP contribution in [0.15, 0.2) is 53.7 Å². The van der Waals surface area contributed by atoms with Crippen molar-refractivity contribution in [2.75, 3.05) is 46.4 Å². The van der Waals surface area contributed by atoms with Gasteiger partial charge in [0.05, 0.1) is 19.3 Å². The molecule has 6 nitrogen and oxygen atoms in total. The highest BCUT2D eigenvalue weighted by molar-refractivity contribution is 14.0. The summed E-state index contributed by atoms with van der Waals surface area (Å²) in [6.45, 7) is 4.42. The monoisotopic (exact) mass is 513 g/mol. The first kappa shape index (κ1) is 23.5. The fourth-order valence-electron chi connectivity index (χ4n) is 3.33. The third-order valence-corrected chi connectivity index (χ3v) is 4.81. The third kappa shape index (κ3) is 7.52. The molecule has 0 aliphatic carbocycles. The van der Waals surface area contributed by atoms with Crippen LogP contribution in [0.3, 0.4) is 0 Å². The average molecular weight is 513 g/mol. The fraction of sp³-hybridized carbons (Fsp3) is 0.429. The van der Waals surface area contributed by atoms with Crippen LogP contribution >= 0.6 is 24.0 Å². The van der Waals surface area contributed by atoms with E-state index >= 15 is 0 Å². The number of halogens is 2. The summed E-state index contributed by atoms with van der Waals surface area (Å²) in [6.07, 6.45) is 2.62. The Morgan fingerprint density at radius 2 is 2.03 bits per heavy atom. The Hall–Kier alpha value is -1.78. The number of guanidine groups is 1. The lowest BCUT2D eigenvalue weighted by Gasteiger charge is -2.35. The lowest BCUT2D eigenvalue weighted by atomic mass is 10.0. The molecular weight excluding hydrogens is 484 g/mol. The number of nitrogens with one attached hydrogen (secondary N) is 2. The van der Waals surface area contributed by atoms with Crippen molar-refractivity contribution in [3.05, 3.63) is 65.7 Å². The molecule has 8 heteroatoms. The first-order valence-electron chi connectivity index (χ1n) is 9.68. The van der Waals surface area contributed by atoms with E-state index in [2.05, 4.69) is 25.5 Å². The van der Waals surface area contributed by atoms with Crippen LogP contribution in [0.4, 0.5) is 4.39 Å². The second kappa shape index (κ2) is 12.7. The van der Waals surface area contributed by atoms with Gasteiger partial charge in [-0.2, -0.15) is 0 Å². The van der Waals surface area contributed by atoms with Gasteiger partial charge < -0.3 is 15.4 Å². The Bertz CT molecular complexity index is 756. The van der Waals surface area contributed by atoms with E-state index in [-0.39, 0.29) is 35.8 Å². The SMILES string of the molecule is CN=C(NCCc1ccccn1)NCC(c1cccc(F)c1)N1CCOCC1.I. The highest BCUT2D eigenvalue weighted by Crippen LogP contribution is 2.22. The van der Waals surface area contributed by atoms with E-state index in [9.17, 15) is 4.39 Å². The van der Waals surface area contributed by atoms with Gasteiger partial charge in [0.2, 0.25) is 0 Å². The summed E-state index contributed by atoms with van der Waals surface area (Å²) in [5.74, 6) is 0.513. The second-order valence-corrected chi connectivity index (χ2v) is 6.67. The molecule has 0 amide bonds. The normalized spacial score (nSPS) is 16.0. The highest BCUT2D eigenvalue weighted by Gasteiger charge is 2.23. The van der Waals surface area contributed by atoms with E-state index < -0.39 is 0 Å². The van der Waals surface area contributed by atoms with Crippen molar-refractivity contribution >= 4 is 29.9 Å². The van der Waals surface area contributed by atoms with Crippen LogP contribution in [0.1, 0.15) is 17.3 Å². The quantitative estimate of drug-likeness (QED) is 0.339. The van der Waals surface area contributed by atoms with Crippen LogP contribution in [0.5, 0.6) is 0 Å². The van der Waals surface area contributed by atoms with Crippen LogP contribution in [0.2, 0.25) is 0 Å². The summed E-state index contributed by atoms with van der Waals surface area (Å²) < 4.78 is 19.3. The average Bonchev–Trinajstić information content (AvgIpc) is 2.74. The molecule has 2 heterocycles. The first-order chi connectivity index (χ1) is 13.8. The van der Waals surface area contributed by atoms with Gasteiger partial charge in [0.25, 0.3) is 0 Å². The standard InChI is InChI=1S/C21H28FN5O.HI/c1-23-21(25-10-8-19-7-2-3-9-24-19)26-16-20(27-11-13-28-14-12-27)17-5-4-6-18(22)15-17;/h2-7,9,15,20H,8,10-14,16H2,1H3,(H2,23,25,26);1H. The zero-order valence-electron chi connectivity index (χ0n) is 16.7. The Kier molecular flexibility index (Phi) is 10.3. The molecule has 29 heavy (non-hydrogen) atoms. The van der Waals surface area contributed by atoms with Crippen LogP contribution in [0.25, 0.3) is 0 Å². The minimum absolute atomic E-state index is 0. The number of hydrogen-bond donors (Lipinski definition) is 2. The van der Waals surface area contributed by atoms with E-state index in [1.807, 2.05) is 24.3 Å². The van der Waals surface area contributed by atoms with Gasteiger partial charge in [0.1, 0.15) is 5.82 Å². The Labute approximate surface area is 189 Å². The molecule has 3 rings (SSSR count). The van der Waals surface area contributed by atoms with Crippen molar-refractivity contribution in [3.63, 3.8) is 0 Å². The number of pyridine rings is 1. The molecule has 0 saturated carbocycles. The lowest BCUT2D eigenvalue weighted by Crippen LogP contribution is -2.46. The molecule has 158 valence electrons. The van der Waals surface area contributed by atoms with Gasteiger partial charge in [-0.1, -0.05) is 18.2 Å². The molecule has 1 aliphatic rings. The highest BCUT2D eigenvalue weighted by atomic mass is 127. The number of hydrogen-bond acceptors (Lipinski definition) is 4. The molecule has 0 spiro atoms. The molecule has 1 aromatic heterocycles. The number of nitrogens with zero attached hydrogens (tertiary/aromatic N) is 3. The minimum atomic E-state index is -0.214. The second-order valence-electron chi connectivity index (χ2n) is 6.67. The summed E-state index contributed by atoms with van der Waals surface area (Å²) in [4.78, 5) is 11.0. The zero-order valence-corrected chi connectivity index (χ0v) is 19.0. The Morgan fingerprint density at radius 1 is 1.21 bits per heavy atom. The summed E-state index contributed by atoms with van der Waals surface area (Å²) in [5.41, 5.74) is 2.00. The number of aromatic nitrogens is 1. The Balaban J connectivity index is 0.00000300. The zero-order chi connectivity index (χ0) is 19.6. The van der Waals surface area contributed by atoms with E-state index in [0.29, 0.717) is 19.8 Å². The smallest absolute Gasteiger partial charge is 0.191 e. The largest absolute Gasteiger partial charge is 0.379 e. The van der Waals surface area contributed by atoms with E-state index in [1.54, 1.807) is 25.4 Å². The minimum Gasteiger partial charge on any atom is -0.379 e. The van der Waals surface area contributed by atoms with Crippen molar-refractivity contribution in [1.82, 2.24) is 20.5 Å². The van der Waals surface area contributed by atoms with E-state index in [1.165, 1.54) is 6.07 Å². The fourth-order valence-corrected chi connectivity index (χ4v) is 3.33. The number of ether oxygens (including phenoxy) is 1. The maximum atomic E-state index is 13.8. The van der Waals surface area contributed by atoms with Gasteiger partial charge in [-0.25, -0.2) is 4.39 Å².